The molecule has 2 aromatic rings. The van der Waals surface area contributed by atoms with Crippen LogP contribution < -0.4 is 10.1 Å². The van der Waals surface area contributed by atoms with Crippen molar-refractivity contribution in [2.45, 2.75) is 6.10 Å². The van der Waals surface area contributed by atoms with E-state index in [9.17, 15) is 19.6 Å². The van der Waals surface area contributed by atoms with Crippen LogP contribution >= 0.6 is 0 Å². The van der Waals surface area contributed by atoms with Crippen LogP contribution in [0.2, 0.25) is 0 Å². The van der Waals surface area contributed by atoms with Crippen molar-refractivity contribution in [3.63, 3.8) is 0 Å². The van der Waals surface area contributed by atoms with Crippen LogP contribution in [0.15, 0.2) is 34.9 Å². The lowest BCUT2D eigenvalue weighted by molar-refractivity contribution is -0.386. The molecule has 21 heavy (non-hydrogen) atoms. The number of nitrogens with one attached hydrogen (secondary N) is 1. The molecule has 0 aliphatic heterocycles. The molecule has 2 rings (SSSR count). The Balaban J connectivity index is 2.22. The molecule has 0 saturated heterocycles. The van der Waals surface area contributed by atoms with Crippen molar-refractivity contribution in [2.75, 3.05) is 19.0 Å². The quantitative estimate of drug-likeness (QED) is 0.627. The summed E-state index contributed by atoms with van der Waals surface area (Å²) in [5.41, 5.74) is -0.787. The number of nitro benzene ring substituents is 1. The van der Waals surface area contributed by atoms with Gasteiger partial charge in [0.2, 0.25) is 5.82 Å². The van der Waals surface area contributed by atoms with Crippen LogP contribution in [0.25, 0.3) is 0 Å². The number of benzene rings is 1. The van der Waals surface area contributed by atoms with Gasteiger partial charge in [-0.15, -0.1) is 0 Å². The highest BCUT2D eigenvalue weighted by molar-refractivity contribution is 5.65. The predicted octanol–water partition coefficient (Wildman–Crippen LogP) is 2.48. The number of nitro groups is 1. The van der Waals surface area contributed by atoms with Crippen molar-refractivity contribution in [3.05, 3.63) is 52.2 Å². The topological polar surface area (TPSA) is 97.8 Å². The van der Waals surface area contributed by atoms with Crippen LogP contribution in [-0.4, -0.2) is 23.7 Å². The largest absolute Gasteiger partial charge is 0.497 e. The maximum atomic E-state index is 13.7. The number of nitrogens with zero attached hydrogens (tertiary/aromatic N) is 1. The van der Waals surface area contributed by atoms with Gasteiger partial charge in [0.25, 0.3) is 0 Å². The van der Waals surface area contributed by atoms with E-state index in [2.05, 4.69) is 5.32 Å². The molecule has 0 aliphatic rings. The minimum atomic E-state index is -1.02. The summed E-state index contributed by atoms with van der Waals surface area (Å²) in [6.45, 7) is -0.0824. The highest BCUT2D eigenvalue weighted by Crippen LogP contribution is 2.32. The SMILES string of the molecule is COc1cc(F)c([N+](=O)[O-])c(NCC(O)c2ccco2)c1. The van der Waals surface area contributed by atoms with Crippen molar-refractivity contribution in [1.82, 2.24) is 0 Å². The zero-order valence-electron chi connectivity index (χ0n) is 11.1. The number of aliphatic hydroxyl groups excluding tert-OH is 1. The molecule has 0 fully saturated rings. The third-order valence-corrected chi connectivity index (χ3v) is 2.81. The Morgan fingerprint density at radius 3 is 2.90 bits per heavy atom. The first-order valence-electron chi connectivity index (χ1n) is 6.00. The van der Waals surface area contributed by atoms with E-state index in [-0.39, 0.29) is 18.0 Å². The summed E-state index contributed by atoms with van der Waals surface area (Å²) in [6.07, 6.45) is 0.375. The van der Waals surface area contributed by atoms with Crippen LogP contribution in [0.1, 0.15) is 11.9 Å². The van der Waals surface area contributed by atoms with Gasteiger partial charge < -0.3 is 19.6 Å². The van der Waals surface area contributed by atoms with Gasteiger partial charge in [-0.3, -0.25) is 10.1 Å². The van der Waals surface area contributed by atoms with Gasteiger partial charge in [0.1, 0.15) is 23.3 Å². The zero-order chi connectivity index (χ0) is 15.4. The Bertz CT molecular complexity index is 630. The number of halogens is 1. The molecule has 8 heteroatoms. The van der Waals surface area contributed by atoms with Crippen LogP contribution in [0, 0.1) is 15.9 Å². The number of rotatable bonds is 6. The summed E-state index contributed by atoms with van der Waals surface area (Å²) < 4.78 is 23.6. The second-order valence-electron chi connectivity index (χ2n) is 4.17. The predicted molar refractivity (Wildman–Crippen MR) is 71.8 cm³/mol. The molecular formula is C13H13FN2O5. The molecule has 1 aromatic carbocycles. The average molecular weight is 296 g/mol. The van der Waals surface area contributed by atoms with Crippen molar-refractivity contribution < 1.29 is 23.6 Å². The maximum absolute atomic E-state index is 13.7. The van der Waals surface area contributed by atoms with Gasteiger partial charge in [-0.05, 0) is 12.1 Å². The normalized spacial score (nSPS) is 12.0. The Hall–Kier alpha value is -2.61. The number of hydrogen-bond acceptors (Lipinski definition) is 6. The van der Waals surface area contributed by atoms with E-state index in [1.165, 1.54) is 19.4 Å². The van der Waals surface area contributed by atoms with Crippen LogP contribution in [-0.2, 0) is 0 Å². The number of methoxy groups -OCH3 is 1. The number of hydrogen-bond donors (Lipinski definition) is 2. The fourth-order valence-corrected chi connectivity index (χ4v) is 1.80. The van der Waals surface area contributed by atoms with Crippen LogP contribution in [0.5, 0.6) is 5.75 Å². The second-order valence-corrected chi connectivity index (χ2v) is 4.17. The molecule has 0 bridgehead atoms. The van der Waals surface area contributed by atoms with Crippen molar-refractivity contribution in [3.8, 4) is 5.75 Å². The molecule has 0 saturated carbocycles. The summed E-state index contributed by atoms with van der Waals surface area (Å²) in [5, 5.41) is 23.4. The average Bonchev–Trinajstić information content (AvgIpc) is 2.97. The Morgan fingerprint density at radius 2 is 2.33 bits per heavy atom. The molecule has 0 amide bonds. The van der Waals surface area contributed by atoms with Gasteiger partial charge in [0, 0.05) is 18.7 Å². The molecule has 1 heterocycles. The third-order valence-electron chi connectivity index (χ3n) is 2.81. The number of aliphatic hydroxyl groups is 1. The minimum Gasteiger partial charge on any atom is -0.497 e. The van der Waals surface area contributed by atoms with Crippen molar-refractivity contribution >= 4 is 11.4 Å². The second kappa shape index (κ2) is 6.23. The maximum Gasteiger partial charge on any atom is 0.327 e. The number of furan rings is 1. The molecule has 1 aromatic heterocycles. The lowest BCUT2D eigenvalue weighted by atomic mass is 10.2. The number of anilines is 1. The highest BCUT2D eigenvalue weighted by Gasteiger charge is 2.23. The lowest BCUT2D eigenvalue weighted by Crippen LogP contribution is -2.13. The Morgan fingerprint density at radius 1 is 1.57 bits per heavy atom. The van der Waals surface area contributed by atoms with Gasteiger partial charge in [-0.2, -0.15) is 4.39 Å². The molecule has 0 spiro atoms. The number of ether oxygens (including phenoxy) is 1. The lowest BCUT2D eigenvalue weighted by Gasteiger charge is -2.12. The first-order valence-corrected chi connectivity index (χ1v) is 6.00. The van der Waals surface area contributed by atoms with Gasteiger partial charge in [-0.25, -0.2) is 0 Å². The summed E-state index contributed by atoms with van der Waals surface area (Å²) in [5.74, 6) is -0.587. The Labute approximate surface area is 119 Å². The molecular weight excluding hydrogens is 283 g/mol. The zero-order valence-corrected chi connectivity index (χ0v) is 11.1. The molecule has 2 N–H and O–H groups in total. The summed E-state index contributed by atoms with van der Waals surface area (Å²) in [7, 11) is 1.32. The van der Waals surface area contributed by atoms with E-state index < -0.39 is 22.5 Å². The minimum absolute atomic E-state index is 0.0811. The van der Waals surface area contributed by atoms with E-state index in [0.29, 0.717) is 5.76 Å². The fourth-order valence-electron chi connectivity index (χ4n) is 1.80. The molecule has 7 nitrogen and oxygen atoms in total. The van der Waals surface area contributed by atoms with E-state index in [0.717, 1.165) is 6.07 Å². The van der Waals surface area contributed by atoms with E-state index >= 15 is 0 Å². The smallest absolute Gasteiger partial charge is 0.327 e. The molecule has 1 unspecified atom stereocenters. The van der Waals surface area contributed by atoms with Crippen molar-refractivity contribution in [1.29, 1.82) is 0 Å². The first-order chi connectivity index (χ1) is 10.0. The third kappa shape index (κ3) is 3.29. The van der Waals surface area contributed by atoms with Crippen LogP contribution in [0.4, 0.5) is 15.8 Å². The molecule has 0 radical (unpaired) electrons. The van der Waals surface area contributed by atoms with Gasteiger partial charge in [0.05, 0.1) is 18.3 Å². The van der Waals surface area contributed by atoms with E-state index in [1.807, 2.05) is 0 Å². The molecule has 0 aliphatic carbocycles. The van der Waals surface area contributed by atoms with Crippen molar-refractivity contribution in [2.24, 2.45) is 0 Å². The highest BCUT2D eigenvalue weighted by atomic mass is 19.1. The molecule has 112 valence electrons. The van der Waals surface area contributed by atoms with Gasteiger partial charge >= 0.3 is 5.69 Å². The van der Waals surface area contributed by atoms with Crippen LogP contribution in [0.3, 0.4) is 0 Å². The monoisotopic (exact) mass is 296 g/mol. The Kier molecular flexibility index (Phi) is 4.39. The summed E-state index contributed by atoms with van der Waals surface area (Å²) in [6, 6.07) is 5.38. The summed E-state index contributed by atoms with van der Waals surface area (Å²) in [4.78, 5) is 10.1. The van der Waals surface area contributed by atoms with Gasteiger partial charge in [0.15, 0.2) is 0 Å². The summed E-state index contributed by atoms with van der Waals surface area (Å²) >= 11 is 0. The fraction of sp³-hybridized carbons (Fsp3) is 0.231. The first kappa shape index (κ1) is 14.8. The van der Waals surface area contributed by atoms with E-state index in [4.69, 9.17) is 9.15 Å². The van der Waals surface area contributed by atoms with Gasteiger partial charge in [-0.1, -0.05) is 0 Å². The molecule has 1 atom stereocenters. The van der Waals surface area contributed by atoms with E-state index in [1.54, 1.807) is 12.1 Å². The standard InChI is InChI=1S/C13H13FN2O5/c1-20-8-5-9(14)13(16(18)19)10(6-8)15-7-11(17)12-3-2-4-21-12/h2-6,11,15,17H,7H2,1H3.